The molecule has 1 unspecified atom stereocenters. The van der Waals surface area contributed by atoms with E-state index < -0.39 is 0 Å². The number of amides is 1. The number of hydrogen-bond acceptors (Lipinski definition) is 6. The van der Waals surface area contributed by atoms with Crippen LogP contribution < -0.4 is 15.2 Å². The van der Waals surface area contributed by atoms with Crippen molar-refractivity contribution in [2.75, 3.05) is 32.1 Å². The summed E-state index contributed by atoms with van der Waals surface area (Å²) in [6, 6.07) is 6.52. The van der Waals surface area contributed by atoms with E-state index in [0.29, 0.717) is 24.5 Å². The number of carbonyl (C=O) groups is 1. The first-order valence-corrected chi connectivity index (χ1v) is 8.18. The molecule has 1 saturated heterocycles. The van der Waals surface area contributed by atoms with E-state index in [1.807, 2.05) is 25.1 Å². The molecule has 0 spiro atoms. The van der Waals surface area contributed by atoms with Gasteiger partial charge in [-0.15, -0.1) is 10.2 Å². The number of likely N-dealkylation sites (tertiary alicyclic amines) is 1. The van der Waals surface area contributed by atoms with Crippen LogP contribution in [0.25, 0.3) is 0 Å². The van der Waals surface area contributed by atoms with Gasteiger partial charge in [-0.25, -0.2) is 0 Å². The maximum atomic E-state index is 12.5. The molecule has 0 saturated carbocycles. The number of H-pyrrole nitrogens is 1. The maximum Gasteiger partial charge on any atom is 0.255 e. The number of piperidine rings is 1. The van der Waals surface area contributed by atoms with E-state index in [2.05, 4.69) is 15.2 Å². The van der Waals surface area contributed by atoms with Gasteiger partial charge < -0.3 is 19.5 Å². The van der Waals surface area contributed by atoms with E-state index in [0.717, 1.165) is 18.7 Å². The third-order valence-electron chi connectivity index (χ3n) is 4.07. The van der Waals surface area contributed by atoms with E-state index in [1.54, 1.807) is 11.0 Å². The van der Waals surface area contributed by atoms with Crippen LogP contribution in [0, 0.1) is 0 Å². The SMILES string of the molecule is CN(C)c1ccc(OC2CCCN(C(=O)c3ccc(=O)[nH]c3)C2)nn1. The summed E-state index contributed by atoms with van der Waals surface area (Å²) in [5.74, 6) is 1.10. The molecule has 132 valence electrons. The van der Waals surface area contributed by atoms with Gasteiger partial charge in [0.2, 0.25) is 11.4 Å². The number of pyridine rings is 1. The molecule has 8 heteroatoms. The van der Waals surface area contributed by atoms with Crippen molar-refractivity contribution in [2.24, 2.45) is 0 Å². The predicted octanol–water partition coefficient (Wildman–Crippen LogP) is 0.914. The summed E-state index contributed by atoms with van der Waals surface area (Å²) in [7, 11) is 3.79. The van der Waals surface area contributed by atoms with Gasteiger partial charge in [0.15, 0.2) is 5.82 Å². The molecule has 0 aliphatic carbocycles. The monoisotopic (exact) mass is 343 g/mol. The molecule has 2 aromatic heterocycles. The predicted molar refractivity (Wildman–Crippen MR) is 93.0 cm³/mol. The molecule has 2 aromatic rings. The molecule has 1 aliphatic heterocycles. The molecule has 1 fully saturated rings. The van der Waals surface area contributed by atoms with Crippen LogP contribution in [0.1, 0.15) is 23.2 Å². The first-order chi connectivity index (χ1) is 12.0. The lowest BCUT2D eigenvalue weighted by Gasteiger charge is -2.32. The van der Waals surface area contributed by atoms with Crippen LogP contribution in [-0.2, 0) is 0 Å². The van der Waals surface area contributed by atoms with Crippen LogP contribution in [0.2, 0.25) is 0 Å². The normalized spacial score (nSPS) is 17.2. The number of anilines is 1. The molecule has 1 atom stereocenters. The standard InChI is InChI=1S/C17H21N5O3/c1-21(2)14-6-8-16(20-19-14)25-13-4-3-9-22(11-13)17(24)12-5-7-15(23)18-10-12/h5-8,10,13H,3-4,9,11H2,1-2H3,(H,18,23). The van der Waals surface area contributed by atoms with Crippen LogP contribution in [0.3, 0.4) is 0 Å². The van der Waals surface area contributed by atoms with E-state index in [-0.39, 0.29) is 17.6 Å². The second kappa shape index (κ2) is 7.33. The van der Waals surface area contributed by atoms with E-state index in [4.69, 9.17) is 4.74 Å². The van der Waals surface area contributed by atoms with Gasteiger partial charge in [0, 0.05) is 39.0 Å². The molecule has 1 N–H and O–H groups in total. The summed E-state index contributed by atoms with van der Waals surface area (Å²) in [5, 5.41) is 8.17. The zero-order chi connectivity index (χ0) is 17.8. The average molecular weight is 343 g/mol. The highest BCUT2D eigenvalue weighted by molar-refractivity contribution is 5.93. The van der Waals surface area contributed by atoms with Crippen LogP contribution in [0.5, 0.6) is 5.88 Å². The van der Waals surface area contributed by atoms with Crippen molar-refractivity contribution in [1.82, 2.24) is 20.1 Å². The Morgan fingerprint density at radius 3 is 2.76 bits per heavy atom. The fourth-order valence-electron chi connectivity index (χ4n) is 2.73. The minimum Gasteiger partial charge on any atom is -0.471 e. The quantitative estimate of drug-likeness (QED) is 0.887. The van der Waals surface area contributed by atoms with Gasteiger partial charge in [-0.1, -0.05) is 0 Å². The number of aromatic nitrogens is 3. The Morgan fingerprint density at radius 2 is 2.12 bits per heavy atom. The molecule has 0 aromatic carbocycles. The van der Waals surface area contributed by atoms with Crippen LogP contribution in [0.4, 0.5) is 5.82 Å². The zero-order valence-corrected chi connectivity index (χ0v) is 14.3. The highest BCUT2D eigenvalue weighted by Gasteiger charge is 2.26. The molecule has 0 radical (unpaired) electrons. The smallest absolute Gasteiger partial charge is 0.255 e. The lowest BCUT2D eigenvalue weighted by molar-refractivity contribution is 0.0525. The third kappa shape index (κ3) is 4.14. The van der Waals surface area contributed by atoms with E-state index in [1.165, 1.54) is 18.3 Å². The average Bonchev–Trinajstić information content (AvgIpc) is 2.62. The number of hydrogen-bond donors (Lipinski definition) is 1. The van der Waals surface area contributed by atoms with Gasteiger partial charge in [-0.05, 0) is 25.0 Å². The van der Waals surface area contributed by atoms with Crippen LogP contribution >= 0.6 is 0 Å². The van der Waals surface area contributed by atoms with Crippen molar-refractivity contribution < 1.29 is 9.53 Å². The third-order valence-corrected chi connectivity index (χ3v) is 4.07. The number of ether oxygens (including phenoxy) is 1. The van der Waals surface area contributed by atoms with Crippen molar-refractivity contribution in [3.63, 3.8) is 0 Å². The highest BCUT2D eigenvalue weighted by Crippen LogP contribution is 2.19. The van der Waals surface area contributed by atoms with Gasteiger partial charge in [0.25, 0.3) is 5.91 Å². The van der Waals surface area contributed by atoms with Crippen molar-refractivity contribution in [2.45, 2.75) is 18.9 Å². The number of nitrogens with zero attached hydrogens (tertiary/aromatic N) is 4. The topological polar surface area (TPSA) is 91.4 Å². The summed E-state index contributed by atoms with van der Waals surface area (Å²) in [4.78, 5) is 29.8. The number of nitrogens with one attached hydrogen (secondary N) is 1. The molecule has 8 nitrogen and oxygen atoms in total. The fraction of sp³-hybridized carbons (Fsp3) is 0.412. The Morgan fingerprint density at radius 1 is 1.28 bits per heavy atom. The largest absolute Gasteiger partial charge is 0.471 e. The minimum absolute atomic E-state index is 0.112. The van der Waals surface area contributed by atoms with E-state index >= 15 is 0 Å². The van der Waals surface area contributed by atoms with Crippen LogP contribution in [-0.4, -0.2) is 59.3 Å². The Balaban J connectivity index is 1.63. The fourth-order valence-corrected chi connectivity index (χ4v) is 2.73. The molecule has 3 heterocycles. The molecular weight excluding hydrogens is 322 g/mol. The summed E-state index contributed by atoms with van der Waals surface area (Å²) in [5.41, 5.74) is 0.242. The number of carbonyl (C=O) groups excluding carboxylic acids is 1. The summed E-state index contributed by atoms with van der Waals surface area (Å²) < 4.78 is 5.88. The Labute approximate surface area is 145 Å². The van der Waals surface area contributed by atoms with Crippen molar-refractivity contribution in [3.05, 3.63) is 46.4 Å². The lowest BCUT2D eigenvalue weighted by Crippen LogP contribution is -2.44. The van der Waals surface area contributed by atoms with Crippen molar-refractivity contribution in [1.29, 1.82) is 0 Å². The number of rotatable bonds is 4. The van der Waals surface area contributed by atoms with Gasteiger partial charge >= 0.3 is 0 Å². The van der Waals surface area contributed by atoms with Crippen molar-refractivity contribution >= 4 is 11.7 Å². The molecule has 3 rings (SSSR count). The van der Waals surface area contributed by atoms with Gasteiger partial charge in [-0.3, -0.25) is 9.59 Å². The maximum absolute atomic E-state index is 12.5. The van der Waals surface area contributed by atoms with E-state index in [9.17, 15) is 9.59 Å². The molecular formula is C17H21N5O3. The summed E-state index contributed by atoms with van der Waals surface area (Å²) in [6.07, 6.45) is 3.02. The second-order valence-corrected chi connectivity index (χ2v) is 6.20. The molecule has 25 heavy (non-hydrogen) atoms. The number of aromatic amines is 1. The molecule has 1 amide bonds. The first-order valence-electron chi connectivity index (χ1n) is 8.18. The first kappa shape index (κ1) is 16.9. The lowest BCUT2D eigenvalue weighted by atomic mass is 10.1. The molecule has 1 aliphatic rings. The van der Waals surface area contributed by atoms with Crippen molar-refractivity contribution in [3.8, 4) is 5.88 Å². The molecule has 0 bridgehead atoms. The minimum atomic E-state index is -0.226. The van der Waals surface area contributed by atoms with Crippen LogP contribution in [0.15, 0.2) is 35.3 Å². The van der Waals surface area contributed by atoms with Gasteiger partial charge in [-0.2, -0.15) is 0 Å². The summed E-state index contributed by atoms with van der Waals surface area (Å²) in [6.45, 7) is 1.15. The Hall–Kier alpha value is -2.90. The van der Waals surface area contributed by atoms with Gasteiger partial charge in [0.1, 0.15) is 6.10 Å². The Kier molecular flexibility index (Phi) is 4.97. The highest BCUT2D eigenvalue weighted by atomic mass is 16.5. The second-order valence-electron chi connectivity index (χ2n) is 6.20. The Bertz CT molecular complexity index is 767. The zero-order valence-electron chi connectivity index (χ0n) is 14.3. The van der Waals surface area contributed by atoms with Gasteiger partial charge in [0.05, 0.1) is 12.1 Å². The summed E-state index contributed by atoms with van der Waals surface area (Å²) >= 11 is 0.